The van der Waals surface area contributed by atoms with Crippen LogP contribution in [0.15, 0.2) is 18.2 Å². The molecule has 4 rings (SSSR count). The Hall–Kier alpha value is -2.03. The second-order valence-electron chi connectivity index (χ2n) is 4.96. The molecule has 0 saturated carbocycles. The molecule has 3 heterocycles. The molecule has 1 aromatic carbocycles. The van der Waals surface area contributed by atoms with Gasteiger partial charge in [-0.05, 0) is 18.2 Å². The van der Waals surface area contributed by atoms with Crippen LogP contribution in [0.2, 0.25) is 10.0 Å². The third-order valence-corrected chi connectivity index (χ3v) is 4.06. The van der Waals surface area contributed by atoms with Crippen molar-refractivity contribution in [3.63, 3.8) is 0 Å². The lowest BCUT2D eigenvalue weighted by Gasteiger charge is -2.25. The number of fused-ring (bicyclic) bond motifs is 1. The van der Waals surface area contributed by atoms with E-state index in [1.54, 1.807) is 18.2 Å². The Morgan fingerprint density at radius 1 is 1.00 bits per heavy atom. The molecule has 10 heteroatoms. The van der Waals surface area contributed by atoms with Gasteiger partial charge in [-0.3, -0.25) is 0 Å². The van der Waals surface area contributed by atoms with Gasteiger partial charge in [-0.15, -0.1) is 25.5 Å². The van der Waals surface area contributed by atoms with E-state index in [1.807, 2.05) is 4.90 Å². The molecule has 0 bridgehead atoms. The largest absolute Gasteiger partial charge is 0.378 e. The highest BCUT2D eigenvalue weighted by molar-refractivity contribution is 6.36. The molecule has 2 aromatic heterocycles. The number of rotatable bonds is 2. The van der Waals surface area contributed by atoms with Crippen molar-refractivity contribution in [2.75, 3.05) is 31.2 Å². The summed E-state index contributed by atoms with van der Waals surface area (Å²) < 4.78 is 6.87. The van der Waals surface area contributed by atoms with Crippen LogP contribution in [-0.2, 0) is 4.74 Å². The molecule has 0 atom stereocenters. The molecule has 0 amide bonds. The van der Waals surface area contributed by atoms with Gasteiger partial charge >= 0.3 is 0 Å². The number of ether oxygens (including phenoxy) is 1. The van der Waals surface area contributed by atoms with E-state index in [-0.39, 0.29) is 0 Å². The molecule has 0 aliphatic carbocycles. The van der Waals surface area contributed by atoms with Crippen LogP contribution in [0.3, 0.4) is 0 Å². The lowest BCUT2D eigenvalue weighted by atomic mass is 10.2. The number of hydrogen-bond acceptors (Lipinski definition) is 7. The van der Waals surface area contributed by atoms with Crippen LogP contribution in [0, 0.1) is 0 Å². The molecule has 1 saturated heterocycles. The highest BCUT2D eigenvalue weighted by atomic mass is 35.5. The van der Waals surface area contributed by atoms with Crippen molar-refractivity contribution in [3.8, 4) is 11.4 Å². The molecule has 23 heavy (non-hydrogen) atoms. The van der Waals surface area contributed by atoms with E-state index >= 15 is 0 Å². The molecular formula is C13H11Cl2N7O. The average molecular weight is 352 g/mol. The van der Waals surface area contributed by atoms with Gasteiger partial charge in [0, 0.05) is 23.7 Å². The van der Waals surface area contributed by atoms with E-state index in [0.717, 1.165) is 0 Å². The summed E-state index contributed by atoms with van der Waals surface area (Å²) in [6, 6.07) is 5.16. The van der Waals surface area contributed by atoms with E-state index in [9.17, 15) is 0 Å². The molecule has 1 aliphatic rings. The quantitative estimate of drug-likeness (QED) is 0.695. The summed E-state index contributed by atoms with van der Waals surface area (Å²) in [5.41, 5.74) is 0.678. The van der Waals surface area contributed by atoms with Crippen LogP contribution in [0.5, 0.6) is 0 Å². The Morgan fingerprint density at radius 3 is 2.57 bits per heavy atom. The minimum absolute atomic E-state index is 0.308. The van der Waals surface area contributed by atoms with Crippen molar-refractivity contribution in [2.45, 2.75) is 0 Å². The Morgan fingerprint density at radius 2 is 1.78 bits per heavy atom. The normalized spacial score (nSPS) is 15.3. The molecule has 0 N–H and O–H groups in total. The minimum Gasteiger partial charge on any atom is -0.378 e. The highest BCUT2D eigenvalue weighted by Crippen LogP contribution is 2.29. The molecular weight excluding hydrogens is 341 g/mol. The molecule has 1 fully saturated rings. The maximum absolute atomic E-state index is 6.25. The first-order valence-corrected chi connectivity index (χ1v) is 7.72. The smallest absolute Gasteiger partial charge is 0.291 e. The zero-order valence-corrected chi connectivity index (χ0v) is 13.4. The van der Waals surface area contributed by atoms with E-state index in [0.29, 0.717) is 59.5 Å². The predicted octanol–water partition coefficient (Wildman–Crippen LogP) is 1.72. The van der Waals surface area contributed by atoms with Crippen LogP contribution in [-0.4, -0.2) is 56.3 Å². The lowest BCUT2D eigenvalue weighted by molar-refractivity contribution is 0.122. The van der Waals surface area contributed by atoms with Gasteiger partial charge in [0.2, 0.25) is 0 Å². The summed E-state index contributed by atoms with van der Waals surface area (Å²) >= 11 is 12.2. The first-order valence-electron chi connectivity index (χ1n) is 6.96. The Labute approximate surface area is 141 Å². The van der Waals surface area contributed by atoms with Gasteiger partial charge in [0.05, 0.1) is 18.2 Å². The van der Waals surface area contributed by atoms with E-state index in [2.05, 4.69) is 25.5 Å². The molecule has 0 spiro atoms. The van der Waals surface area contributed by atoms with Crippen molar-refractivity contribution in [1.29, 1.82) is 0 Å². The number of hydrogen-bond donors (Lipinski definition) is 0. The van der Waals surface area contributed by atoms with E-state index in [1.165, 1.54) is 4.52 Å². The van der Waals surface area contributed by atoms with Crippen LogP contribution in [0.4, 0.5) is 5.95 Å². The first-order chi connectivity index (χ1) is 11.2. The maximum Gasteiger partial charge on any atom is 0.291 e. The van der Waals surface area contributed by atoms with Crippen LogP contribution in [0.25, 0.3) is 17.2 Å². The average Bonchev–Trinajstić information content (AvgIpc) is 2.99. The third kappa shape index (κ3) is 2.69. The van der Waals surface area contributed by atoms with Crippen LogP contribution in [0.1, 0.15) is 0 Å². The SMILES string of the molecule is Clc1ccc(-c2nnc3nnc(N4CCOCC4)nn23)c(Cl)c1. The summed E-state index contributed by atoms with van der Waals surface area (Å²) in [6.07, 6.45) is 0. The van der Waals surface area contributed by atoms with Gasteiger partial charge in [0.15, 0.2) is 5.82 Å². The van der Waals surface area contributed by atoms with Gasteiger partial charge in [0.25, 0.3) is 11.7 Å². The lowest BCUT2D eigenvalue weighted by Crippen LogP contribution is -2.37. The zero-order valence-electron chi connectivity index (χ0n) is 11.9. The summed E-state index contributed by atoms with van der Waals surface area (Å²) in [7, 11) is 0. The van der Waals surface area contributed by atoms with Gasteiger partial charge in [-0.25, -0.2) is 0 Å². The van der Waals surface area contributed by atoms with E-state index < -0.39 is 0 Å². The van der Waals surface area contributed by atoms with E-state index in [4.69, 9.17) is 27.9 Å². The van der Waals surface area contributed by atoms with Gasteiger partial charge < -0.3 is 9.64 Å². The molecule has 8 nitrogen and oxygen atoms in total. The highest BCUT2D eigenvalue weighted by Gasteiger charge is 2.19. The Bertz CT molecular complexity index is 863. The predicted molar refractivity (Wildman–Crippen MR) is 84.9 cm³/mol. The number of nitrogens with zero attached hydrogens (tertiary/aromatic N) is 7. The molecule has 0 radical (unpaired) electrons. The third-order valence-electron chi connectivity index (χ3n) is 3.51. The topological polar surface area (TPSA) is 81.3 Å². The number of morpholine rings is 1. The molecule has 118 valence electrons. The Balaban J connectivity index is 1.81. The zero-order chi connectivity index (χ0) is 15.8. The monoisotopic (exact) mass is 351 g/mol. The number of aromatic nitrogens is 6. The maximum atomic E-state index is 6.25. The summed E-state index contributed by atoms with van der Waals surface area (Å²) in [5, 5.41) is 21.8. The van der Waals surface area contributed by atoms with Crippen LogP contribution < -0.4 is 4.90 Å². The molecule has 0 unspecified atom stereocenters. The van der Waals surface area contributed by atoms with Crippen molar-refractivity contribution < 1.29 is 4.74 Å². The van der Waals surface area contributed by atoms with Crippen molar-refractivity contribution in [2.24, 2.45) is 0 Å². The fourth-order valence-electron chi connectivity index (χ4n) is 2.35. The van der Waals surface area contributed by atoms with Gasteiger partial charge in [-0.1, -0.05) is 23.2 Å². The summed E-state index contributed by atoms with van der Waals surface area (Å²) in [5.74, 6) is 1.31. The minimum atomic E-state index is 0.308. The fourth-order valence-corrected chi connectivity index (χ4v) is 2.85. The van der Waals surface area contributed by atoms with Crippen molar-refractivity contribution in [1.82, 2.24) is 30.0 Å². The first kappa shape index (κ1) is 14.6. The molecule has 1 aliphatic heterocycles. The number of anilines is 1. The fraction of sp³-hybridized carbons (Fsp3) is 0.308. The second-order valence-corrected chi connectivity index (χ2v) is 5.80. The number of benzene rings is 1. The van der Waals surface area contributed by atoms with Crippen LogP contribution >= 0.6 is 23.2 Å². The number of halogens is 2. The second kappa shape index (κ2) is 5.88. The summed E-state index contributed by atoms with van der Waals surface area (Å²) in [4.78, 5) is 2.00. The van der Waals surface area contributed by atoms with Crippen molar-refractivity contribution in [3.05, 3.63) is 28.2 Å². The standard InChI is InChI=1S/C13H11Cl2N7O/c14-8-1-2-9(10(15)7-8)11-16-17-12-18-19-13(20-22(11)12)21-3-5-23-6-4-21/h1-2,7H,3-6H2. The van der Waals surface area contributed by atoms with Gasteiger partial charge in [0.1, 0.15) is 0 Å². The Kier molecular flexibility index (Phi) is 3.72. The van der Waals surface area contributed by atoms with Gasteiger partial charge in [-0.2, -0.15) is 4.52 Å². The summed E-state index contributed by atoms with van der Waals surface area (Å²) in [6.45, 7) is 2.71. The van der Waals surface area contributed by atoms with Crippen molar-refractivity contribution >= 4 is 34.9 Å². The molecule has 3 aromatic rings.